The predicted octanol–water partition coefficient (Wildman–Crippen LogP) is 3.41. The number of nitrogens with one attached hydrogen (secondary N) is 1. The summed E-state index contributed by atoms with van der Waals surface area (Å²) in [6.07, 6.45) is 1.99. The van der Waals surface area contributed by atoms with Gasteiger partial charge in [-0.15, -0.1) is 0 Å². The maximum absolute atomic E-state index is 4.60. The van der Waals surface area contributed by atoms with Crippen LogP contribution in [-0.4, -0.2) is 16.3 Å². The summed E-state index contributed by atoms with van der Waals surface area (Å²) < 4.78 is 2.09. The second-order valence-corrected chi connectivity index (χ2v) is 5.19. The van der Waals surface area contributed by atoms with E-state index in [0.717, 1.165) is 13.1 Å². The third-order valence-corrected chi connectivity index (χ3v) is 3.34. The van der Waals surface area contributed by atoms with Crippen LogP contribution < -0.4 is 5.32 Å². The van der Waals surface area contributed by atoms with Crippen LogP contribution in [0.2, 0.25) is 0 Å². The summed E-state index contributed by atoms with van der Waals surface area (Å²) in [5.74, 6) is 0.454. The molecule has 1 aromatic carbocycles. The molecule has 0 atom stereocenters. The molecule has 2 aromatic rings. The van der Waals surface area contributed by atoms with Crippen molar-refractivity contribution >= 4 is 0 Å². The first kappa shape index (κ1) is 13.8. The van der Waals surface area contributed by atoms with Crippen molar-refractivity contribution in [3.05, 3.63) is 47.3 Å². The molecule has 1 aromatic heterocycles. The molecule has 0 amide bonds. The lowest BCUT2D eigenvalue weighted by molar-refractivity contribution is 0.688. The second-order valence-electron chi connectivity index (χ2n) is 5.19. The number of para-hydroxylation sites is 1. The Morgan fingerprint density at radius 3 is 2.63 bits per heavy atom. The van der Waals surface area contributed by atoms with Gasteiger partial charge in [-0.05, 0) is 31.0 Å². The zero-order valence-electron chi connectivity index (χ0n) is 12.3. The van der Waals surface area contributed by atoms with Crippen molar-refractivity contribution in [3.63, 3.8) is 0 Å². The Hall–Kier alpha value is -1.61. The molecule has 1 heterocycles. The number of hydrogen-bond acceptors (Lipinski definition) is 2. The van der Waals surface area contributed by atoms with E-state index in [4.69, 9.17) is 0 Å². The van der Waals surface area contributed by atoms with Crippen molar-refractivity contribution in [1.29, 1.82) is 0 Å². The molecule has 102 valence electrons. The van der Waals surface area contributed by atoms with Crippen molar-refractivity contribution in [3.8, 4) is 5.69 Å². The molecule has 19 heavy (non-hydrogen) atoms. The molecule has 0 aliphatic heterocycles. The minimum absolute atomic E-state index is 0.454. The molecule has 3 heteroatoms. The van der Waals surface area contributed by atoms with E-state index in [9.17, 15) is 0 Å². The van der Waals surface area contributed by atoms with Crippen molar-refractivity contribution in [2.24, 2.45) is 0 Å². The Balaban J connectivity index is 2.46. The lowest BCUT2D eigenvalue weighted by Crippen LogP contribution is -2.14. The number of nitrogens with zero attached hydrogens (tertiary/aromatic N) is 2. The number of aryl methyl sites for hydroxylation is 1. The van der Waals surface area contributed by atoms with Gasteiger partial charge in [0.2, 0.25) is 0 Å². The van der Waals surface area contributed by atoms with Gasteiger partial charge in [-0.25, -0.2) is 4.68 Å². The summed E-state index contributed by atoms with van der Waals surface area (Å²) in [5, 5.41) is 7.98. The normalized spacial score (nSPS) is 11.2. The van der Waals surface area contributed by atoms with Gasteiger partial charge >= 0.3 is 0 Å². The summed E-state index contributed by atoms with van der Waals surface area (Å²) in [5.41, 5.74) is 5.02. The molecule has 0 aliphatic rings. The van der Waals surface area contributed by atoms with E-state index in [1.807, 2.05) is 6.20 Å². The van der Waals surface area contributed by atoms with E-state index >= 15 is 0 Å². The Labute approximate surface area is 115 Å². The van der Waals surface area contributed by atoms with Crippen LogP contribution in [0.15, 0.2) is 30.5 Å². The Morgan fingerprint density at radius 1 is 1.26 bits per heavy atom. The summed E-state index contributed by atoms with van der Waals surface area (Å²) in [6, 6.07) is 8.39. The molecule has 0 saturated heterocycles. The fourth-order valence-electron chi connectivity index (χ4n) is 2.40. The second kappa shape index (κ2) is 6.02. The molecule has 2 rings (SSSR count). The highest BCUT2D eigenvalue weighted by atomic mass is 15.3. The van der Waals surface area contributed by atoms with Gasteiger partial charge in [0.25, 0.3) is 0 Å². The highest BCUT2D eigenvalue weighted by Crippen LogP contribution is 2.24. The van der Waals surface area contributed by atoms with E-state index in [0.29, 0.717) is 5.92 Å². The maximum Gasteiger partial charge on any atom is 0.0678 e. The lowest BCUT2D eigenvalue weighted by atomic mass is 10.1. The molecular weight excluding hydrogens is 234 g/mol. The number of rotatable bonds is 5. The van der Waals surface area contributed by atoms with Crippen LogP contribution in [0.3, 0.4) is 0 Å². The van der Waals surface area contributed by atoms with Crippen molar-refractivity contribution in [2.75, 3.05) is 6.54 Å². The molecule has 0 bridgehead atoms. The van der Waals surface area contributed by atoms with E-state index in [2.05, 4.69) is 67.1 Å². The number of hydrogen-bond donors (Lipinski definition) is 1. The van der Waals surface area contributed by atoms with Gasteiger partial charge < -0.3 is 5.32 Å². The molecule has 3 nitrogen and oxygen atoms in total. The van der Waals surface area contributed by atoms with Gasteiger partial charge in [-0.3, -0.25) is 0 Å². The van der Waals surface area contributed by atoms with Crippen LogP contribution >= 0.6 is 0 Å². The smallest absolute Gasteiger partial charge is 0.0678 e. The van der Waals surface area contributed by atoms with Crippen LogP contribution in [0.1, 0.15) is 43.5 Å². The van der Waals surface area contributed by atoms with Crippen molar-refractivity contribution in [2.45, 2.75) is 40.2 Å². The van der Waals surface area contributed by atoms with Crippen LogP contribution in [0.4, 0.5) is 0 Å². The van der Waals surface area contributed by atoms with E-state index < -0.39 is 0 Å². The highest BCUT2D eigenvalue weighted by molar-refractivity contribution is 5.42. The fourth-order valence-corrected chi connectivity index (χ4v) is 2.40. The number of benzene rings is 1. The van der Waals surface area contributed by atoms with Crippen LogP contribution in [0, 0.1) is 6.92 Å². The predicted molar refractivity (Wildman–Crippen MR) is 79.8 cm³/mol. The Kier molecular flexibility index (Phi) is 4.38. The monoisotopic (exact) mass is 257 g/mol. The molecule has 0 fully saturated rings. The van der Waals surface area contributed by atoms with Crippen LogP contribution in [0.5, 0.6) is 0 Å². The third-order valence-electron chi connectivity index (χ3n) is 3.34. The van der Waals surface area contributed by atoms with Gasteiger partial charge in [0.15, 0.2) is 0 Å². The van der Waals surface area contributed by atoms with E-state index in [1.54, 1.807) is 0 Å². The van der Waals surface area contributed by atoms with Gasteiger partial charge in [0, 0.05) is 12.1 Å². The topological polar surface area (TPSA) is 29.9 Å². The molecular formula is C16H23N3. The summed E-state index contributed by atoms with van der Waals surface area (Å²) in [4.78, 5) is 0. The average Bonchev–Trinajstić information content (AvgIpc) is 2.80. The zero-order chi connectivity index (χ0) is 13.8. The highest BCUT2D eigenvalue weighted by Gasteiger charge is 2.15. The average molecular weight is 257 g/mol. The van der Waals surface area contributed by atoms with Gasteiger partial charge in [0.1, 0.15) is 0 Å². The SMILES string of the molecule is CCNCc1cnn(-c2ccccc2C)c1C(C)C. The van der Waals surface area contributed by atoms with Gasteiger partial charge in [-0.2, -0.15) is 5.10 Å². The largest absolute Gasteiger partial charge is 0.313 e. The fraction of sp³-hybridized carbons (Fsp3) is 0.438. The molecule has 1 N–H and O–H groups in total. The minimum Gasteiger partial charge on any atom is -0.313 e. The molecule has 0 unspecified atom stereocenters. The van der Waals surface area contributed by atoms with E-state index in [1.165, 1.54) is 22.5 Å². The Bertz CT molecular complexity index is 541. The number of aromatic nitrogens is 2. The molecule has 0 aliphatic carbocycles. The summed E-state index contributed by atoms with van der Waals surface area (Å²) >= 11 is 0. The van der Waals surface area contributed by atoms with Crippen LogP contribution in [0.25, 0.3) is 5.69 Å². The third kappa shape index (κ3) is 2.87. The van der Waals surface area contributed by atoms with E-state index in [-0.39, 0.29) is 0 Å². The standard InChI is InChI=1S/C16H23N3/c1-5-17-10-14-11-18-19(16(14)12(2)3)15-9-7-6-8-13(15)4/h6-9,11-12,17H,5,10H2,1-4H3. The minimum atomic E-state index is 0.454. The van der Waals surface area contributed by atoms with Gasteiger partial charge in [-0.1, -0.05) is 39.0 Å². The molecule has 0 saturated carbocycles. The zero-order valence-corrected chi connectivity index (χ0v) is 12.3. The summed E-state index contributed by atoms with van der Waals surface area (Å²) in [6.45, 7) is 10.6. The molecule has 0 spiro atoms. The quantitative estimate of drug-likeness (QED) is 0.889. The van der Waals surface area contributed by atoms with Crippen molar-refractivity contribution < 1.29 is 0 Å². The van der Waals surface area contributed by atoms with Gasteiger partial charge in [0.05, 0.1) is 17.6 Å². The maximum atomic E-state index is 4.60. The first-order valence-electron chi connectivity index (χ1n) is 6.98. The summed E-state index contributed by atoms with van der Waals surface area (Å²) in [7, 11) is 0. The van der Waals surface area contributed by atoms with Crippen molar-refractivity contribution in [1.82, 2.24) is 15.1 Å². The first-order chi connectivity index (χ1) is 9.15. The Morgan fingerprint density at radius 2 is 2.00 bits per heavy atom. The molecule has 0 radical (unpaired) electrons. The lowest BCUT2D eigenvalue weighted by Gasteiger charge is -2.14. The first-order valence-corrected chi connectivity index (χ1v) is 6.98. The van der Waals surface area contributed by atoms with Crippen LogP contribution in [-0.2, 0) is 6.54 Å².